The zero-order valence-corrected chi connectivity index (χ0v) is 17.2. The number of hydrogen-bond donors (Lipinski definition) is 1. The van der Waals surface area contributed by atoms with Crippen LogP contribution in [0.2, 0.25) is 5.02 Å². The number of sulfonamides is 1. The minimum atomic E-state index is -3.61. The van der Waals surface area contributed by atoms with Crippen molar-refractivity contribution >= 4 is 56.5 Å². The van der Waals surface area contributed by atoms with E-state index in [0.29, 0.717) is 21.7 Å². The highest BCUT2D eigenvalue weighted by Crippen LogP contribution is 2.31. The van der Waals surface area contributed by atoms with Gasteiger partial charge in [0, 0.05) is 19.1 Å². The summed E-state index contributed by atoms with van der Waals surface area (Å²) in [5.41, 5.74) is 1.34. The van der Waals surface area contributed by atoms with Crippen molar-refractivity contribution in [1.82, 2.24) is 9.29 Å². The number of benzene rings is 2. The Labute approximate surface area is 170 Å². The van der Waals surface area contributed by atoms with Gasteiger partial charge >= 0.3 is 5.97 Å². The van der Waals surface area contributed by atoms with Crippen molar-refractivity contribution in [3.63, 3.8) is 0 Å². The maximum Gasteiger partial charge on any atom is 0.342 e. The van der Waals surface area contributed by atoms with Gasteiger partial charge in [-0.2, -0.15) is 0 Å². The zero-order valence-electron chi connectivity index (χ0n) is 14.8. The number of hydrogen-bond acceptors (Lipinski definition) is 6. The van der Waals surface area contributed by atoms with Crippen LogP contribution in [-0.2, 0) is 14.8 Å². The molecule has 0 bridgehead atoms. The van der Waals surface area contributed by atoms with Gasteiger partial charge in [-0.15, -0.1) is 0 Å². The summed E-state index contributed by atoms with van der Waals surface area (Å²) in [5, 5.41) is 10.1. The van der Waals surface area contributed by atoms with E-state index < -0.39 is 16.0 Å². The van der Waals surface area contributed by atoms with E-state index in [1.165, 1.54) is 38.4 Å². The van der Waals surface area contributed by atoms with Gasteiger partial charge in [-0.25, -0.2) is 22.5 Å². The highest BCUT2D eigenvalue weighted by atomic mass is 35.5. The molecule has 1 N–H and O–H groups in total. The van der Waals surface area contributed by atoms with Gasteiger partial charge < -0.3 is 9.52 Å². The number of nitrogens with zero attached hydrogens (tertiary/aromatic N) is 2. The van der Waals surface area contributed by atoms with E-state index in [2.05, 4.69) is 4.98 Å². The number of oxazole rings is 1. The van der Waals surface area contributed by atoms with Gasteiger partial charge in [0.25, 0.3) is 5.22 Å². The third-order valence-electron chi connectivity index (χ3n) is 3.69. The molecular formula is C18H15ClN2O5S2. The molecule has 0 radical (unpaired) electrons. The minimum absolute atomic E-state index is 0.00462. The summed E-state index contributed by atoms with van der Waals surface area (Å²) in [6.45, 7) is 0. The number of rotatable bonds is 6. The van der Waals surface area contributed by atoms with E-state index >= 15 is 0 Å². The number of aromatic nitrogens is 1. The predicted molar refractivity (Wildman–Crippen MR) is 108 cm³/mol. The van der Waals surface area contributed by atoms with E-state index in [1.54, 1.807) is 24.3 Å². The number of carboxylic acid groups (broad SMARTS) is 1. The zero-order chi connectivity index (χ0) is 20.5. The summed E-state index contributed by atoms with van der Waals surface area (Å²) in [7, 11) is -0.742. The summed E-state index contributed by atoms with van der Waals surface area (Å²) in [6, 6.07) is 11.0. The molecule has 3 aromatic rings. The van der Waals surface area contributed by atoms with Crippen LogP contribution in [0.1, 0.15) is 5.56 Å². The van der Waals surface area contributed by atoms with E-state index in [9.17, 15) is 18.3 Å². The highest BCUT2D eigenvalue weighted by Gasteiger charge is 2.20. The normalized spacial score (nSPS) is 12.6. The summed E-state index contributed by atoms with van der Waals surface area (Å²) in [5.74, 6) is -1.14. The van der Waals surface area contributed by atoms with Crippen molar-refractivity contribution in [1.29, 1.82) is 0 Å². The molecule has 0 aliphatic carbocycles. The van der Waals surface area contributed by atoms with Crippen LogP contribution in [0.3, 0.4) is 0 Å². The van der Waals surface area contributed by atoms with Crippen molar-refractivity contribution in [3.05, 3.63) is 58.0 Å². The lowest BCUT2D eigenvalue weighted by molar-refractivity contribution is -0.131. The molecule has 2 aromatic carbocycles. The second-order valence-electron chi connectivity index (χ2n) is 5.86. The summed E-state index contributed by atoms with van der Waals surface area (Å²) < 4.78 is 31.1. The maximum atomic E-state index is 12.2. The van der Waals surface area contributed by atoms with E-state index in [4.69, 9.17) is 16.0 Å². The second kappa shape index (κ2) is 7.96. The van der Waals surface area contributed by atoms with Gasteiger partial charge in [-0.1, -0.05) is 23.7 Å². The molecule has 10 heteroatoms. The van der Waals surface area contributed by atoms with Crippen molar-refractivity contribution in [2.24, 2.45) is 0 Å². The molecule has 0 atom stereocenters. The number of thioether (sulfide) groups is 1. The van der Waals surface area contributed by atoms with Gasteiger partial charge in [0.05, 0.1) is 4.90 Å². The topological polar surface area (TPSA) is 101 Å². The van der Waals surface area contributed by atoms with Crippen LogP contribution in [0.25, 0.3) is 17.2 Å². The molecule has 146 valence electrons. The molecule has 7 nitrogen and oxygen atoms in total. The molecule has 1 heterocycles. The van der Waals surface area contributed by atoms with Gasteiger partial charge in [0.1, 0.15) is 10.4 Å². The Hall–Kier alpha value is -2.33. The molecule has 3 rings (SSSR count). The molecule has 0 fully saturated rings. The van der Waals surface area contributed by atoms with E-state index in [1.807, 2.05) is 0 Å². The van der Waals surface area contributed by atoms with Crippen LogP contribution in [0, 0.1) is 0 Å². The lowest BCUT2D eigenvalue weighted by Crippen LogP contribution is -2.22. The summed E-state index contributed by atoms with van der Waals surface area (Å²) in [4.78, 5) is 15.9. The Morgan fingerprint density at radius 3 is 2.50 bits per heavy atom. The van der Waals surface area contributed by atoms with E-state index in [-0.39, 0.29) is 15.0 Å². The van der Waals surface area contributed by atoms with Crippen LogP contribution in [-0.4, -0.2) is 42.9 Å². The van der Waals surface area contributed by atoms with Crippen molar-refractivity contribution < 1.29 is 22.7 Å². The number of halogens is 1. The molecule has 0 aliphatic rings. The van der Waals surface area contributed by atoms with Crippen molar-refractivity contribution in [3.8, 4) is 0 Å². The fraction of sp³-hybridized carbons (Fsp3) is 0.111. The Morgan fingerprint density at radius 2 is 1.89 bits per heavy atom. The smallest absolute Gasteiger partial charge is 0.342 e. The van der Waals surface area contributed by atoms with Crippen LogP contribution < -0.4 is 0 Å². The monoisotopic (exact) mass is 438 g/mol. The summed E-state index contributed by atoms with van der Waals surface area (Å²) in [6.07, 6.45) is 1.47. The highest BCUT2D eigenvalue weighted by molar-refractivity contribution is 8.03. The van der Waals surface area contributed by atoms with Crippen LogP contribution in [0.15, 0.2) is 61.9 Å². The van der Waals surface area contributed by atoms with Crippen LogP contribution in [0.5, 0.6) is 0 Å². The van der Waals surface area contributed by atoms with Gasteiger partial charge in [-0.05, 0) is 53.7 Å². The van der Waals surface area contributed by atoms with Crippen LogP contribution >= 0.6 is 23.4 Å². The molecule has 0 amide bonds. The summed E-state index contributed by atoms with van der Waals surface area (Å²) >= 11 is 6.67. The van der Waals surface area contributed by atoms with E-state index in [0.717, 1.165) is 16.1 Å². The lowest BCUT2D eigenvalue weighted by Gasteiger charge is -2.10. The van der Waals surface area contributed by atoms with Crippen LogP contribution in [0.4, 0.5) is 0 Å². The Morgan fingerprint density at radius 1 is 1.21 bits per heavy atom. The largest absolute Gasteiger partial charge is 0.477 e. The minimum Gasteiger partial charge on any atom is -0.477 e. The first-order chi connectivity index (χ1) is 13.2. The Balaban J connectivity index is 1.94. The first-order valence-corrected chi connectivity index (χ1v) is 10.5. The molecule has 0 aliphatic heterocycles. The number of fused-ring (bicyclic) bond motifs is 1. The Bertz CT molecular complexity index is 1170. The number of carboxylic acids is 1. The standard InChI is InChI=1S/C18H15ClN2O5S2/c1-21(2)28(24,25)13-7-8-15-14(10-13)20-18(26-15)27-16(17(22)23)9-11-3-5-12(19)6-4-11/h3-10H,1-2H3,(H,22,23). The number of carbonyl (C=O) groups is 1. The van der Waals surface area contributed by atoms with Gasteiger partial charge in [0.15, 0.2) is 5.58 Å². The average molecular weight is 439 g/mol. The first kappa shape index (κ1) is 20.4. The average Bonchev–Trinajstić information content (AvgIpc) is 3.04. The Kier molecular flexibility index (Phi) is 5.80. The second-order valence-corrected chi connectivity index (χ2v) is 9.45. The molecular weight excluding hydrogens is 424 g/mol. The number of aliphatic carboxylic acids is 1. The van der Waals surface area contributed by atoms with Gasteiger partial charge in [0.2, 0.25) is 10.0 Å². The van der Waals surface area contributed by atoms with Crippen molar-refractivity contribution in [2.45, 2.75) is 10.1 Å². The fourth-order valence-electron chi connectivity index (χ4n) is 2.24. The lowest BCUT2D eigenvalue weighted by atomic mass is 10.2. The third-order valence-corrected chi connectivity index (χ3v) is 6.62. The maximum absolute atomic E-state index is 12.2. The first-order valence-electron chi connectivity index (χ1n) is 7.88. The molecule has 1 aromatic heterocycles. The quantitative estimate of drug-likeness (QED) is 0.459. The molecule has 0 saturated carbocycles. The molecule has 0 unspecified atom stereocenters. The molecule has 0 spiro atoms. The predicted octanol–water partition coefficient (Wildman–Crippen LogP) is 3.95. The van der Waals surface area contributed by atoms with Crippen molar-refractivity contribution in [2.75, 3.05) is 14.1 Å². The van der Waals surface area contributed by atoms with Gasteiger partial charge in [-0.3, -0.25) is 0 Å². The SMILES string of the molecule is CN(C)S(=O)(=O)c1ccc2oc(SC(=Cc3ccc(Cl)cc3)C(=O)O)nc2c1. The molecule has 0 saturated heterocycles. The molecule has 28 heavy (non-hydrogen) atoms. The fourth-order valence-corrected chi connectivity index (χ4v) is 4.03. The third kappa shape index (κ3) is 4.39.